The maximum Gasteiger partial charge on any atom is 0.352 e. The number of rotatable bonds is 5. The molecule has 2 unspecified atom stereocenters. The van der Waals surface area contributed by atoms with Crippen molar-refractivity contribution in [3.63, 3.8) is 0 Å². The third-order valence-corrected chi connectivity index (χ3v) is 4.24. The second-order valence-electron chi connectivity index (χ2n) is 5.09. The van der Waals surface area contributed by atoms with Crippen LogP contribution >= 0.6 is 11.8 Å². The first-order valence-electron chi connectivity index (χ1n) is 7.28. The summed E-state index contributed by atoms with van der Waals surface area (Å²) >= 11 is 1.33. The maximum atomic E-state index is 12.1. The van der Waals surface area contributed by atoms with E-state index in [2.05, 4.69) is 4.84 Å². The van der Waals surface area contributed by atoms with Crippen molar-refractivity contribution >= 4 is 41.4 Å². The van der Waals surface area contributed by atoms with Gasteiger partial charge in [-0.2, -0.15) is 0 Å². The van der Waals surface area contributed by atoms with Crippen LogP contribution in [0.15, 0.2) is 0 Å². The molecule has 0 aromatic heterocycles. The van der Waals surface area contributed by atoms with Crippen molar-refractivity contribution in [3.05, 3.63) is 0 Å². The van der Waals surface area contributed by atoms with Crippen LogP contribution in [0.4, 0.5) is 0 Å². The molecule has 2 aliphatic heterocycles. The molecule has 4 amide bonds. The molecule has 9 heteroatoms. The van der Waals surface area contributed by atoms with Gasteiger partial charge in [0.25, 0.3) is 11.8 Å². The van der Waals surface area contributed by atoms with Gasteiger partial charge in [0.2, 0.25) is 11.8 Å². The van der Waals surface area contributed by atoms with E-state index in [1.807, 2.05) is 13.8 Å². The lowest BCUT2D eigenvalue weighted by Gasteiger charge is -2.17. The molecule has 0 aliphatic carbocycles. The van der Waals surface area contributed by atoms with Crippen LogP contribution in [0, 0.1) is 0 Å². The van der Waals surface area contributed by atoms with Gasteiger partial charge in [0, 0.05) is 20.6 Å². The van der Waals surface area contributed by atoms with Gasteiger partial charge in [0.15, 0.2) is 0 Å². The van der Waals surface area contributed by atoms with Gasteiger partial charge in [-0.05, 0) is 5.25 Å². The summed E-state index contributed by atoms with van der Waals surface area (Å²) in [5.74, 6) is -3.78. The molecule has 2 fully saturated rings. The highest BCUT2D eigenvalue weighted by molar-refractivity contribution is 8.01. The summed E-state index contributed by atoms with van der Waals surface area (Å²) in [4.78, 5) is 64.0. The van der Waals surface area contributed by atoms with Gasteiger partial charge in [0.05, 0.1) is 5.25 Å². The molecule has 0 saturated carbocycles. The van der Waals surface area contributed by atoms with E-state index in [-0.39, 0.29) is 23.2 Å². The number of carbonyl (C=O) groups excluding carboxylic acids is 5. The van der Waals surface area contributed by atoms with Crippen LogP contribution in [-0.4, -0.2) is 56.6 Å². The van der Waals surface area contributed by atoms with Crippen LogP contribution in [0.3, 0.4) is 0 Å². The number of amides is 4. The molecule has 2 atom stereocenters. The first-order chi connectivity index (χ1) is 10.7. The normalized spacial score (nSPS) is 26.2. The first-order valence-corrected chi connectivity index (χ1v) is 7.64. The van der Waals surface area contributed by atoms with E-state index >= 15 is 0 Å². The Labute approximate surface area is 132 Å². The molecule has 0 aromatic carbocycles. The molecule has 0 bridgehead atoms. The van der Waals surface area contributed by atoms with Gasteiger partial charge >= 0.3 is 5.97 Å². The van der Waals surface area contributed by atoms with E-state index in [0.717, 1.165) is 4.90 Å². The number of hydrogen-bond acceptors (Lipinski definition) is 7. The SMILES string of the molecule is [2H]C1CC(=O)N(OC(=O)CN2C(=O)CC(SC(C)C)C2=O)C1=O. The minimum absolute atomic E-state index is 0.00529. The van der Waals surface area contributed by atoms with Gasteiger partial charge in [-0.15, -0.1) is 16.8 Å². The fraction of sp³-hybridized carbons (Fsp3) is 0.615. The Kier molecular flexibility index (Phi) is 4.41. The summed E-state index contributed by atoms with van der Waals surface area (Å²) in [5.41, 5.74) is 0. The van der Waals surface area contributed by atoms with Crippen molar-refractivity contribution in [1.82, 2.24) is 9.96 Å². The monoisotopic (exact) mass is 329 g/mol. The van der Waals surface area contributed by atoms with Gasteiger partial charge < -0.3 is 4.84 Å². The highest BCUT2D eigenvalue weighted by atomic mass is 32.2. The van der Waals surface area contributed by atoms with Crippen LogP contribution in [0.5, 0.6) is 0 Å². The standard InChI is InChI=1S/C13H16N2O6S/c1-7(2)22-8-5-11(18)14(13(8)20)6-12(19)21-15-9(16)3-4-10(15)17/h7-8H,3-6H2,1-2H3/i3D. The molecule has 8 nitrogen and oxygen atoms in total. The van der Waals surface area contributed by atoms with E-state index in [4.69, 9.17) is 1.37 Å². The molecule has 2 heterocycles. The van der Waals surface area contributed by atoms with Crippen LogP contribution in [0.25, 0.3) is 0 Å². The molecular weight excluding hydrogens is 312 g/mol. The lowest BCUT2D eigenvalue weighted by atomic mass is 10.4. The van der Waals surface area contributed by atoms with Gasteiger partial charge in [-0.25, -0.2) is 4.79 Å². The van der Waals surface area contributed by atoms with Gasteiger partial charge in [-0.3, -0.25) is 24.1 Å². The largest absolute Gasteiger partial charge is 0.352 e. The molecule has 0 N–H and O–H groups in total. The summed E-state index contributed by atoms with van der Waals surface area (Å²) in [7, 11) is 0. The maximum absolute atomic E-state index is 12.1. The lowest BCUT2D eigenvalue weighted by Crippen LogP contribution is -2.40. The minimum Gasteiger partial charge on any atom is -0.328 e. The Morgan fingerprint density at radius 2 is 2.00 bits per heavy atom. The number of imide groups is 2. The predicted molar refractivity (Wildman–Crippen MR) is 75.0 cm³/mol. The van der Waals surface area contributed by atoms with Gasteiger partial charge in [-0.1, -0.05) is 13.8 Å². The summed E-state index contributed by atoms with van der Waals surface area (Å²) in [6.45, 7) is 3.12. The topological polar surface area (TPSA) is 101 Å². The first kappa shape index (κ1) is 15.0. The van der Waals surface area contributed by atoms with Crippen LogP contribution in [-0.2, 0) is 28.8 Å². The second-order valence-corrected chi connectivity index (χ2v) is 6.88. The smallest absolute Gasteiger partial charge is 0.328 e. The molecule has 22 heavy (non-hydrogen) atoms. The Morgan fingerprint density at radius 3 is 2.55 bits per heavy atom. The quantitative estimate of drug-likeness (QED) is 0.647. The zero-order valence-corrected chi connectivity index (χ0v) is 12.9. The number of thioether (sulfide) groups is 1. The van der Waals surface area contributed by atoms with E-state index in [1.165, 1.54) is 11.8 Å². The molecule has 120 valence electrons. The van der Waals surface area contributed by atoms with E-state index in [9.17, 15) is 24.0 Å². The van der Waals surface area contributed by atoms with Crippen LogP contribution in [0.1, 0.15) is 34.5 Å². The fourth-order valence-corrected chi connectivity index (χ4v) is 3.21. The van der Waals surface area contributed by atoms with Crippen molar-refractivity contribution in [3.8, 4) is 0 Å². The molecule has 2 aliphatic rings. The zero-order chi connectivity index (χ0) is 17.3. The fourth-order valence-electron chi connectivity index (χ4n) is 2.07. The Bertz CT molecular complexity index is 581. The van der Waals surface area contributed by atoms with Crippen molar-refractivity contribution in [2.24, 2.45) is 0 Å². The predicted octanol–water partition coefficient (Wildman–Crippen LogP) is -0.137. The number of hydrogen-bond donors (Lipinski definition) is 0. The van der Waals surface area contributed by atoms with Crippen molar-refractivity contribution in [2.75, 3.05) is 6.54 Å². The van der Waals surface area contributed by atoms with E-state index in [1.54, 1.807) is 0 Å². The average Bonchev–Trinajstić information content (AvgIpc) is 2.83. The summed E-state index contributed by atoms with van der Waals surface area (Å²) in [6, 6.07) is 0. The van der Waals surface area contributed by atoms with E-state index in [0.29, 0.717) is 0 Å². The number of carbonyl (C=O) groups is 5. The highest BCUT2D eigenvalue weighted by Gasteiger charge is 2.41. The summed E-state index contributed by atoms with van der Waals surface area (Å²) in [5, 5.41) is -0.161. The summed E-state index contributed by atoms with van der Waals surface area (Å²) < 4.78 is 7.30. The number of likely N-dealkylation sites (tertiary alicyclic amines) is 1. The summed E-state index contributed by atoms with van der Waals surface area (Å²) in [6.07, 6.45) is -1.65. The average molecular weight is 329 g/mol. The van der Waals surface area contributed by atoms with Crippen molar-refractivity contribution < 1.29 is 30.2 Å². The van der Waals surface area contributed by atoms with Gasteiger partial charge in [0.1, 0.15) is 6.54 Å². The third-order valence-electron chi connectivity index (χ3n) is 3.00. The van der Waals surface area contributed by atoms with Crippen LogP contribution in [0.2, 0.25) is 0 Å². The molecule has 0 radical (unpaired) electrons. The molecule has 2 saturated heterocycles. The second kappa shape index (κ2) is 6.47. The lowest BCUT2D eigenvalue weighted by molar-refractivity contribution is -0.198. The van der Waals surface area contributed by atoms with Crippen molar-refractivity contribution in [2.45, 2.75) is 43.6 Å². The van der Waals surface area contributed by atoms with E-state index < -0.39 is 47.8 Å². The Morgan fingerprint density at radius 1 is 1.32 bits per heavy atom. The Balaban J connectivity index is 1.95. The van der Waals surface area contributed by atoms with Crippen molar-refractivity contribution in [1.29, 1.82) is 0 Å². The molecule has 2 rings (SSSR count). The number of hydroxylamine groups is 2. The molecule has 0 aromatic rings. The zero-order valence-electron chi connectivity index (χ0n) is 13.1. The minimum atomic E-state index is -1.29. The molecular formula is C13H16N2O6S. The van der Waals surface area contributed by atoms with Crippen LogP contribution < -0.4 is 0 Å². The number of nitrogens with zero attached hydrogens (tertiary/aromatic N) is 2. The Hall–Kier alpha value is -1.90. The molecule has 0 spiro atoms. The third kappa shape index (κ3) is 3.46. The highest BCUT2D eigenvalue weighted by Crippen LogP contribution is 2.28.